The third-order valence-corrected chi connectivity index (χ3v) is 5.69. The van der Waals surface area contributed by atoms with E-state index in [4.69, 9.17) is 4.74 Å². The highest BCUT2D eigenvalue weighted by Crippen LogP contribution is 2.34. The quantitative estimate of drug-likeness (QED) is 0.624. The smallest absolute Gasteiger partial charge is 0.264 e. The van der Waals surface area contributed by atoms with E-state index in [0.717, 1.165) is 27.3 Å². The Morgan fingerprint density at radius 1 is 1.29 bits per heavy atom. The molecule has 8 heteroatoms. The fourth-order valence-corrected chi connectivity index (χ4v) is 4.11. The van der Waals surface area contributed by atoms with Gasteiger partial charge in [0, 0.05) is 25.9 Å². The molecule has 0 saturated heterocycles. The largest absolute Gasteiger partial charge is 0.383 e. The molecule has 0 spiro atoms. The molecule has 0 atom stereocenters. The summed E-state index contributed by atoms with van der Waals surface area (Å²) in [6.45, 7) is 7.58. The van der Waals surface area contributed by atoms with E-state index in [1.54, 1.807) is 13.3 Å². The Balaban J connectivity index is 1.91. The van der Waals surface area contributed by atoms with Crippen LogP contribution < -0.4 is 5.32 Å². The SMILES string of the molecule is COCCN(C(=O)c1sc2ncnc(NCc3ccccn3)c2c1C)C(C)C. The number of pyridine rings is 1. The van der Waals surface area contributed by atoms with Gasteiger partial charge in [0.25, 0.3) is 5.91 Å². The minimum absolute atomic E-state index is 0.00299. The molecule has 0 bridgehead atoms. The van der Waals surface area contributed by atoms with Crippen molar-refractivity contribution in [3.8, 4) is 0 Å². The summed E-state index contributed by atoms with van der Waals surface area (Å²) in [6, 6.07) is 5.88. The van der Waals surface area contributed by atoms with Crippen molar-refractivity contribution < 1.29 is 9.53 Å². The fourth-order valence-electron chi connectivity index (χ4n) is 3.00. The van der Waals surface area contributed by atoms with Gasteiger partial charge in [-0.15, -0.1) is 11.3 Å². The topological polar surface area (TPSA) is 80.2 Å². The molecule has 0 unspecified atom stereocenters. The monoisotopic (exact) mass is 399 g/mol. The number of nitrogens with one attached hydrogen (secondary N) is 1. The predicted molar refractivity (Wildman–Crippen MR) is 112 cm³/mol. The van der Waals surface area contributed by atoms with E-state index in [1.165, 1.54) is 17.7 Å². The van der Waals surface area contributed by atoms with Gasteiger partial charge in [-0.05, 0) is 38.5 Å². The molecule has 3 aromatic heterocycles. The second-order valence-electron chi connectivity index (χ2n) is 6.72. The average Bonchev–Trinajstić information content (AvgIpc) is 3.04. The van der Waals surface area contributed by atoms with Gasteiger partial charge in [-0.1, -0.05) is 6.07 Å². The highest BCUT2D eigenvalue weighted by atomic mass is 32.1. The molecule has 148 valence electrons. The number of rotatable bonds is 8. The van der Waals surface area contributed by atoms with Gasteiger partial charge in [-0.3, -0.25) is 9.78 Å². The molecule has 3 rings (SSSR count). The molecule has 0 saturated carbocycles. The Bertz CT molecular complexity index is 942. The number of anilines is 1. The van der Waals surface area contributed by atoms with Crippen molar-refractivity contribution in [3.63, 3.8) is 0 Å². The summed E-state index contributed by atoms with van der Waals surface area (Å²) in [5.74, 6) is 0.722. The molecule has 0 aliphatic rings. The molecule has 28 heavy (non-hydrogen) atoms. The summed E-state index contributed by atoms with van der Waals surface area (Å²) in [5, 5.41) is 4.22. The van der Waals surface area contributed by atoms with Crippen LogP contribution in [0.1, 0.15) is 34.8 Å². The van der Waals surface area contributed by atoms with Crippen molar-refractivity contribution in [2.24, 2.45) is 0 Å². The lowest BCUT2D eigenvalue weighted by atomic mass is 10.1. The zero-order valence-corrected chi connectivity index (χ0v) is 17.4. The molecule has 7 nitrogen and oxygen atoms in total. The molecular formula is C20H25N5O2S. The predicted octanol–water partition coefficient (Wildman–Crippen LogP) is 3.50. The normalized spacial score (nSPS) is 11.2. The maximum Gasteiger partial charge on any atom is 0.264 e. The number of hydrogen-bond acceptors (Lipinski definition) is 7. The van der Waals surface area contributed by atoms with Crippen molar-refractivity contribution in [2.45, 2.75) is 33.4 Å². The van der Waals surface area contributed by atoms with Crippen molar-refractivity contribution in [1.82, 2.24) is 19.9 Å². The summed E-state index contributed by atoms with van der Waals surface area (Å²) in [6.07, 6.45) is 3.29. The van der Waals surface area contributed by atoms with Crippen molar-refractivity contribution in [2.75, 3.05) is 25.6 Å². The van der Waals surface area contributed by atoms with E-state index in [9.17, 15) is 4.79 Å². The number of carbonyl (C=O) groups excluding carboxylic acids is 1. The standard InChI is InChI=1S/C20H25N5O2S/c1-13(2)25(9-10-27-4)20(26)17-14(3)16-18(23-12-24-19(16)28-17)22-11-15-7-5-6-8-21-15/h5-8,12-13H,9-11H2,1-4H3,(H,22,23,24). The van der Waals surface area contributed by atoms with Crippen LogP contribution in [0.5, 0.6) is 0 Å². The van der Waals surface area contributed by atoms with Crippen LogP contribution in [0.25, 0.3) is 10.2 Å². The average molecular weight is 400 g/mol. The molecule has 0 radical (unpaired) electrons. The lowest BCUT2D eigenvalue weighted by Crippen LogP contribution is -2.39. The van der Waals surface area contributed by atoms with Gasteiger partial charge in [0.1, 0.15) is 17.0 Å². The van der Waals surface area contributed by atoms with Crippen LogP contribution in [0.3, 0.4) is 0 Å². The molecule has 1 N–H and O–H groups in total. The molecule has 0 fully saturated rings. The van der Waals surface area contributed by atoms with E-state index in [0.29, 0.717) is 24.6 Å². The molecule has 0 aliphatic carbocycles. The maximum atomic E-state index is 13.2. The minimum atomic E-state index is 0.00299. The van der Waals surface area contributed by atoms with Gasteiger partial charge < -0.3 is 15.0 Å². The molecule has 3 aromatic rings. The summed E-state index contributed by atoms with van der Waals surface area (Å²) in [7, 11) is 1.64. The number of thiophene rings is 1. The van der Waals surface area contributed by atoms with Crippen LogP contribution in [0.2, 0.25) is 0 Å². The maximum absolute atomic E-state index is 13.2. The van der Waals surface area contributed by atoms with Gasteiger partial charge in [0.15, 0.2) is 0 Å². The van der Waals surface area contributed by atoms with Crippen LogP contribution in [-0.4, -0.2) is 52.1 Å². The highest BCUT2D eigenvalue weighted by molar-refractivity contribution is 7.20. The lowest BCUT2D eigenvalue weighted by Gasteiger charge is -2.26. The molecule has 0 aliphatic heterocycles. The van der Waals surface area contributed by atoms with Crippen LogP contribution in [-0.2, 0) is 11.3 Å². The van der Waals surface area contributed by atoms with Crippen LogP contribution >= 0.6 is 11.3 Å². The summed E-state index contributed by atoms with van der Waals surface area (Å²) in [5.41, 5.74) is 1.82. The van der Waals surface area contributed by atoms with E-state index >= 15 is 0 Å². The Hall–Kier alpha value is -2.58. The first-order valence-corrected chi connectivity index (χ1v) is 10.0. The number of nitrogens with zero attached hydrogens (tertiary/aromatic N) is 4. The minimum Gasteiger partial charge on any atom is -0.383 e. The number of aromatic nitrogens is 3. The Labute approximate surface area is 168 Å². The number of carbonyl (C=O) groups is 1. The first-order valence-electron chi connectivity index (χ1n) is 9.20. The van der Waals surface area contributed by atoms with Gasteiger partial charge >= 0.3 is 0 Å². The third-order valence-electron chi connectivity index (χ3n) is 4.50. The summed E-state index contributed by atoms with van der Waals surface area (Å²) in [4.78, 5) is 29.6. The highest BCUT2D eigenvalue weighted by Gasteiger charge is 2.25. The zero-order valence-electron chi connectivity index (χ0n) is 16.6. The van der Waals surface area contributed by atoms with Crippen molar-refractivity contribution >= 4 is 33.3 Å². The van der Waals surface area contributed by atoms with Gasteiger partial charge in [0.2, 0.25) is 0 Å². The van der Waals surface area contributed by atoms with E-state index < -0.39 is 0 Å². The lowest BCUT2D eigenvalue weighted by molar-refractivity contribution is 0.0639. The Morgan fingerprint density at radius 3 is 2.79 bits per heavy atom. The van der Waals surface area contributed by atoms with Crippen molar-refractivity contribution in [3.05, 3.63) is 46.9 Å². The molecule has 3 heterocycles. The second kappa shape index (κ2) is 9.07. The number of amides is 1. The molecular weight excluding hydrogens is 374 g/mol. The molecule has 0 aromatic carbocycles. The second-order valence-corrected chi connectivity index (χ2v) is 7.72. The van der Waals surface area contributed by atoms with Gasteiger partial charge in [-0.2, -0.15) is 0 Å². The van der Waals surface area contributed by atoms with E-state index in [2.05, 4.69) is 20.3 Å². The fraction of sp³-hybridized carbons (Fsp3) is 0.400. The number of methoxy groups -OCH3 is 1. The third kappa shape index (κ3) is 4.28. The van der Waals surface area contributed by atoms with Crippen LogP contribution in [0.15, 0.2) is 30.7 Å². The Morgan fingerprint density at radius 2 is 2.11 bits per heavy atom. The van der Waals surface area contributed by atoms with Gasteiger partial charge in [-0.25, -0.2) is 9.97 Å². The number of fused-ring (bicyclic) bond motifs is 1. The van der Waals surface area contributed by atoms with E-state index in [1.807, 2.05) is 43.9 Å². The number of ether oxygens (including phenoxy) is 1. The first-order chi connectivity index (χ1) is 13.5. The molecule has 1 amide bonds. The number of hydrogen-bond donors (Lipinski definition) is 1. The zero-order chi connectivity index (χ0) is 20.1. The van der Waals surface area contributed by atoms with Crippen LogP contribution in [0, 0.1) is 6.92 Å². The van der Waals surface area contributed by atoms with E-state index in [-0.39, 0.29) is 11.9 Å². The first kappa shape index (κ1) is 20.2. The summed E-state index contributed by atoms with van der Waals surface area (Å²) >= 11 is 1.41. The van der Waals surface area contributed by atoms with Crippen LogP contribution in [0.4, 0.5) is 5.82 Å². The number of aryl methyl sites for hydroxylation is 1. The Kier molecular flexibility index (Phi) is 6.53. The van der Waals surface area contributed by atoms with Gasteiger partial charge in [0.05, 0.1) is 29.1 Å². The van der Waals surface area contributed by atoms with Crippen molar-refractivity contribution in [1.29, 1.82) is 0 Å². The summed E-state index contributed by atoms with van der Waals surface area (Å²) < 4.78 is 5.16.